The topological polar surface area (TPSA) is 105 Å². The summed E-state index contributed by atoms with van der Waals surface area (Å²) in [5.74, 6) is 0.238. The molecule has 0 unspecified atom stereocenters. The Labute approximate surface area is 272 Å². The molecule has 1 amide bonds. The second-order valence-electron chi connectivity index (χ2n) is 13.7. The molecule has 1 spiro atoms. The molecule has 2 aliphatic heterocycles. The van der Waals surface area contributed by atoms with Gasteiger partial charge in [-0.05, 0) is 105 Å². The van der Waals surface area contributed by atoms with Gasteiger partial charge in [-0.1, -0.05) is 36.7 Å². The molecule has 8 nitrogen and oxygen atoms in total. The summed E-state index contributed by atoms with van der Waals surface area (Å²) in [6, 6.07) is 11.4. The lowest BCUT2D eigenvalue weighted by Crippen LogP contribution is -2.53. The first-order valence-electron chi connectivity index (χ1n) is 16.2. The SMILES string of the molecule is CO[C@]1(CCO)/C=C/C[C@H](C)[C@@H](C)S(=O)(=O)NC(=O)c2ccc3c(c2)N(C[C@@H]2CC[C@H]21)C[C@@]1(CCCc2cc(Cl)ccc21)CO3. The van der Waals surface area contributed by atoms with Gasteiger partial charge in [0.25, 0.3) is 5.91 Å². The fraction of sp³-hybridized carbons (Fsp3) is 0.571. The Morgan fingerprint density at radius 3 is 2.73 bits per heavy atom. The van der Waals surface area contributed by atoms with Gasteiger partial charge in [-0.15, -0.1) is 0 Å². The molecule has 6 atom stereocenters. The molecule has 2 bridgehead atoms. The minimum atomic E-state index is -3.95. The summed E-state index contributed by atoms with van der Waals surface area (Å²) in [6.45, 7) is 5.39. The summed E-state index contributed by atoms with van der Waals surface area (Å²) in [7, 11) is -2.24. The number of aliphatic hydroxyl groups excluding tert-OH is 1. The molecule has 2 N–H and O–H groups in total. The van der Waals surface area contributed by atoms with Gasteiger partial charge in [-0.25, -0.2) is 13.1 Å². The third kappa shape index (κ3) is 6.01. The predicted octanol–water partition coefficient (Wildman–Crippen LogP) is 5.65. The number of sulfonamides is 1. The highest BCUT2D eigenvalue weighted by Gasteiger charge is 2.49. The highest BCUT2D eigenvalue weighted by atomic mass is 35.5. The molecule has 45 heavy (non-hydrogen) atoms. The molecule has 1 fully saturated rings. The predicted molar refractivity (Wildman–Crippen MR) is 177 cm³/mol. The number of hydrogen-bond acceptors (Lipinski definition) is 7. The highest BCUT2D eigenvalue weighted by molar-refractivity contribution is 7.90. The maximum absolute atomic E-state index is 13.4. The molecule has 2 aromatic carbocycles. The van der Waals surface area contributed by atoms with Gasteiger partial charge in [0, 0.05) is 49.2 Å². The first-order chi connectivity index (χ1) is 21.5. The summed E-state index contributed by atoms with van der Waals surface area (Å²) in [6.07, 6.45) is 9.94. The van der Waals surface area contributed by atoms with Crippen LogP contribution in [0.5, 0.6) is 5.75 Å². The molecule has 0 radical (unpaired) electrons. The molecule has 4 aliphatic rings. The van der Waals surface area contributed by atoms with Gasteiger partial charge in [0.15, 0.2) is 0 Å². The number of aliphatic hydroxyl groups is 1. The molecule has 0 saturated heterocycles. The summed E-state index contributed by atoms with van der Waals surface area (Å²) in [5.41, 5.74) is 2.63. The maximum Gasteiger partial charge on any atom is 0.264 e. The zero-order chi connectivity index (χ0) is 32.0. The number of nitrogens with one attached hydrogen (secondary N) is 1. The van der Waals surface area contributed by atoms with Crippen LogP contribution in [0, 0.1) is 17.8 Å². The second-order valence-corrected chi connectivity index (χ2v) is 16.1. The molecule has 2 aliphatic carbocycles. The van der Waals surface area contributed by atoms with Crippen molar-refractivity contribution in [2.75, 3.05) is 38.3 Å². The Kier molecular flexibility index (Phi) is 9.02. The van der Waals surface area contributed by atoms with Crippen molar-refractivity contribution in [3.63, 3.8) is 0 Å². The second kappa shape index (κ2) is 12.5. The number of allylic oxidation sites excluding steroid dienone is 1. The lowest BCUT2D eigenvalue weighted by atomic mass is 9.63. The van der Waals surface area contributed by atoms with Crippen molar-refractivity contribution in [3.05, 3.63) is 70.3 Å². The van der Waals surface area contributed by atoms with Crippen LogP contribution in [0.15, 0.2) is 48.6 Å². The normalized spacial score (nSPS) is 33.5. The van der Waals surface area contributed by atoms with E-state index in [1.54, 1.807) is 32.2 Å². The van der Waals surface area contributed by atoms with Crippen LogP contribution in [0.2, 0.25) is 5.02 Å². The molecular formula is C35H45ClN2O6S. The van der Waals surface area contributed by atoms with Crippen molar-refractivity contribution < 1.29 is 27.8 Å². The fourth-order valence-electron chi connectivity index (χ4n) is 8.12. The lowest BCUT2D eigenvalue weighted by Gasteiger charge is -2.50. The van der Waals surface area contributed by atoms with Gasteiger partial charge in [-0.2, -0.15) is 0 Å². The summed E-state index contributed by atoms with van der Waals surface area (Å²) < 4.78 is 41.8. The van der Waals surface area contributed by atoms with E-state index in [-0.39, 0.29) is 35.3 Å². The van der Waals surface area contributed by atoms with Gasteiger partial charge in [0.1, 0.15) is 5.75 Å². The number of rotatable bonds is 3. The van der Waals surface area contributed by atoms with Crippen LogP contribution >= 0.6 is 11.6 Å². The van der Waals surface area contributed by atoms with Crippen molar-refractivity contribution in [2.45, 2.75) is 75.1 Å². The fourth-order valence-corrected chi connectivity index (χ4v) is 9.60. The zero-order valence-corrected chi connectivity index (χ0v) is 28.0. The number of hydrogen-bond donors (Lipinski definition) is 2. The number of nitrogens with zero attached hydrogens (tertiary/aromatic N) is 1. The Hall–Kier alpha value is -2.59. The Morgan fingerprint density at radius 2 is 2.00 bits per heavy atom. The van der Waals surface area contributed by atoms with Crippen molar-refractivity contribution in [2.24, 2.45) is 17.8 Å². The average molecular weight is 657 g/mol. The number of halogens is 1. The van der Waals surface area contributed by atoms with E-state index in [4.69, 9.17) is 21.1 Å². The highest BCUT2D eigenvalue weighted by Crippen LogP contribution is 2.49. The van der Waals surface area contributed by atoms with Crippen LogP contribution < -0.4 is 14.4 Å². The number of methoxy groups -OCH3 is 1. The van der Waals surface area contributed by atoms with E-state index >= 15 is 0 Å². The van der Waals surface area contributed by atoms with E-state index in [0.29, 0.717) is 38.3 Å². The minimum Gasteiger partial charge on any atom is -0.490 e. The first-order valence-corrected chi connectivity index (χ1v) is 18.1. The van der Waals surface area contributed by atoms with Crippen LogP contribution in [0.1, 0.15) is 73.9 Å². The first kappa shape index (κ1) is 32.4. The van der Waals surface area contributed by atoms with Gasteiger partial charge in [0.05, 0.1) is 23.1 Å². The molecule has 0 aromatic heterocycles. The van der Waals surface area contributed by atoms with E-state index in [0.717, 1.165) is 42.8 Å². The third-order valence-electron chi connectivity index (χ3n) is 11.1. The molecule has 2 aromatic rings. The minimum absolute atomic E-state index is 0.0139. The van der Waals surface area contributed by atoms with Crippen LogP contribution in [0.25, 0.3) is 0 Å². The monoisotopic (exact) mass is 656 g/mol. The Balaban J connectivity index is 1.46. The molecular weight excluding hydrogens is 612 g/mol. The number of ether oxygens (including phenoxy) is 2. The number of aryl methyl sites for hydroxylation is 1. The smallest absolute Gasteiger partial charge is 0.264 e. The number of carbonyl (C=O) groups excluding carboxylic acids is 1. The van der Waals surface area contributed by atoms with Gasteiger partial charge in [0.2, 0.25) is 10.0 Å². The van der Waals surface area contributed by atoms with E-state index in [1.165, 1.54) is 11.1 Å². The summed E-state index contributed by atoms with van der Waals surface area (Å²) in [4.78, 5) is 15.8. The van der Waals surface area contributed by atoms with Crippen LogP contribution in [-0.4, -0.2) is 63.7 Å². The van der Waals surface area contributed by atoms with Crippen molar-refractivity contribution in [1.82, 2.24) is 4.72 Å². The number of fused-ring (bicyclic) bond motifs is 4. The Bertz CT molecular complexity index is 1580. The molecule has 6 rings (SSSR count). The van der Waals surface area contributed by atoms with E-state index in [2.05, 4.69) is 27.8 Å². The van der Waals surface area contributed by atoms with E-state index < -0.39 is 26.8 Å². The van der Waals surface area contributed by atoms with Crippen LogP contribution in [-0.2, 0) is 26.6 Å². The summed E-state index contributed by atoms with van der Waals surface area (Å²) >= 11 is 6.42. The number of benzene rings is 2. The average Bonchev–Trinajstić information content (AvgIpc) is 3.15. The van der Waals surface area contributed by atoms with E-state index in [9.17, 15) is 18.3 Å². The zero-order valence-electron chi connectivity index (χ0n) is 26.4. The maximum atomic E-state index is 13.4. The van der Waals surface area contributed by atoms with Crippen molar-refractivity contribution >= 4 is 33.2 Å². The third-order valence-corrected chi connectivity index (χ3v) is 13.3. The molecule has 10 heteroatoms. The van der Waals surface area contributed by atoms with Gasteiger partial charge >= 0.3 is 0 Å². The molecule has 244 valence electrons. The molecule has 2 heterocycles. The van der Waals surface area contributed by atoms with Gasteiger partial charge in [-0.3, -0.25) is 4.79 Å². The number of carbonyl (C=O) groups is 1. The van der Waals surface area contributed by atoms with Crippen LogP contribution in [0.3, 0.4) is 0 Å². The number of anilines is 1. The largest absolute Gasteiger partial charge is 0.490 e. The number of amides is 1. The Morgan fingerprint density at radius 1 is 1.18 bits per heavy atom. The lowest BCUT2D eigenvalue weighted by molar-refractivity contribution is -0.0864. The van der Waals surface area contributed by atoms with Crippen LogP contribution in [0.4, 0.5) is 5.69 Å². The summed E-state index contributed by atoms with van der Waals surface area (Å²) in [5, 5.41) is 10.1. The van der Waals surface area contributed by atoms with Crippen molar-refractivity contribution in [1.29, 1.82) is 0 Å². The quantitative estimate of drug-likeness (QED) is 0.412. The molecule has 1 saturated carbocycles. The standard InChI is InChI=1S/C35H45ClN2O6S/c1-23-6-4-15-35(43-3,16-17-39)30-11-8-27(30)20-38-21-34(14-5-7-25-18-28(36)10-12-29(25)34)22-44-32-13-9-26(19-31(32)38)33(40)37-45(41,42)24(23)2/h4,9-10,12-13,15,18-19,23-24,27,30,39H,5-8,11,14,16-17,20-22H2,1-3H3,(H,37,40)/b15-4+/t23-,24+,27-,30+,34-,35-/m0/s1. The van der Waals surface area contributed by atoms with E-state index in [1.807, 2.05) is 19.1 Å². The van der Waals surface area contributed by atoms with Crippen molar-refractivity contribution in [3.8, 4) is 5.75 Å². The van der Waals surface area contributed by atoms with Gasteiger partial charge < -0.3 is 19.5 Å².